The summed E-state index contributed by atoms with van der Waals surface area (Å²) in [7, 11) is 0. The lowest BCUT2D eigenvalue weighted by atomic mass is 10.0. The molecule has 0 saturated carbocycles. The molecule has 0 spiro atoms. The maximum absolute atomic E-state index is 12.1. The molecule has 0 bridgehead atoms. The average Bonchev–Trinajstić information content (AvgIpc) is 2.71. The number of rotatable bonds is 6. The van der Waals surface area contributed by atoms with Crippen LogP contribution in [0.3, 0.4) is 0 Å². The summed E-state index contributed by atoms with van der Waals surface area (Å²) in [6.45, 7) is 3.79. The Morgan fingerprint density at radius 2 is 1.68 bits per heavy atom. The maximum Gasteiger partial charge on any atom is 0.331 e. The van der Waals surface area contributed by atoms with Gasteiger partial charge in [-0.3, -0.25) is 4.79 Å². The molecule has 4 nitrogen and oxygen atoms in total. The number of ether oxygens (including phenoxy) is 1. The van der Waals surface area contributed by atoms with Gasteiger partial charge in [0.2, 0.25) is 0 Å². The summed E-state index contributed by atoms with van der Waals surface area (Å²) in [6, 6.07) is 21.4. The molecule has 0 aliphatic carbocycles. The Bertz CT molecular complexity index is 1020. The van der Waals surface area contributed by atoms with Crippen LogP contribution >= 0.6 is 0 Å². The minimum absolute atomic E-state index is 0.280. The Morgan fingerprint density at radius 1 is 0.964 bits per heavy atom. The highest BCUT2D eigenvalue weighted by Gasteiger charge is 2.10. The summed E-state index contributed by atoms with van der Waals surface area (Å²) in [4.78, 5) is 24.1. The van der Waals surface area contributed by atoms with Gasteiger partial charge in [-0.05, 0) is 40.0 Å². The predicted octanol–water partition coefficient (Wildman–Crippen LogP) is 5.16. The Hall–Kier alpha value is -3.40. The van der Waals surface area contributed by atoms with Gasteiger partial charge in [0.15, 0.2) is 6.61 Å². The lowest BCUT2D eigenvalue weighted by Crippen LogP contribution is -2.21. The molecule has 0 saturated heterocycles. The van der Waals surface area contributed by atoms with Crippen LogP contribution in [-0.2, 0) is 14.3 Å². The van der Waals surface area contributed by atoms with Crippen LogP contribution in [0.1, 0.15) is 30.9 Å². The normalized spacial score (nSPS) is 11.1. The zero-order valence-corrected chi connectivity index (χ0v) is 16.0. The van der Waals surface area contributed by atoms with E-state index in [1.54, 1.807) is 6.08 Å². The third-order valence-electron chi connectivity index (χ3n) is 4.42. The molecular formula is C24H23NO3. The van der Waals surface area contributed by atoms with Gasteiger partial charge in [-0.2, -0.15) is 0 Å². The molecule has 142 valence electrons. The minimum atomic E-state index is -0.555. The monoisotopic (exact) mass is 373 g/mol. The van der Waals surface area contributed by atoms with E-state index in [1.807, 2.05) is 66.7 Å². The predicted molar refractivity (Wildman–Crippen MR) is 113 cm³/mol. The molecule has 28 heavy (non-hydrogen) atoms. The van der Waals surface area contributed by atoms with Gasteiger partial charge in [0.25, 0.3) is 5.91 Å². The van der Waals surface area contributed by atoms with Crippen LogP contribution in [0.15, 0.2) is 72.8 Å². The number of amides is 1. The topological polar surface area (TPSA) is 55.4 Å². The van der Waals surface area contributed by atoms with Gasteiger partial charge in [-0.15, -0.1) is 0 Å². The molecule has 4 heteroatoms. The van der Waals surface area contributed by atoms with E-state index >= 15 is 0 Å². The van der Waals surface area contributed by atoms with Gasteiger partial charge < -0.3 is 10.1 Å². The van der Waals surface area contributed by atoms with Gasteiger partial charge in [0, 0.05) is 11.8 Å². The van der Waals surface area contributed by atoms with Crippen molar-refractivity contribution in [1.82, 2.24) is 0 Å². The molecule has 0 radical (unpaired) electrons. The van der Waals surface area contributed by atoms with Gasteiger partial charge in [0.1, 0.15) is 0 Å². The van der Waals surface area contributed by atoms with Crippen molar-refractivity contribution in [2.45, 2.75) is 19.8 Å². The number of benzene rings is 3. The average molecular weight is 373 g/mol. The van der Waals surface area contributed by atoms with Crippen molar-refractivity contribution in [2.75, 3.05) is 11.9 Å². The molecular weight excluding hydrogens is 350 g/mol. The molecule has 0 aliphatic rings. The number of hydrogen-bond donors (Lipinski definition) is 1. The molecule has 0 aromatic heterocycles. The third-order valence-corrected chi connectivity index (χ3v) is 4.42. The molecule has 1 N–H and O–H groups in total. The molecule has 3 rings (SSSR count). The van der Waals surface area contributed by atoms with Crippen LogP contribution in [0.25, 0.3) is 16.8 Å². The van der Waals surface area contributed by atoms with Crippen LogP contribution in [0.5, 0.6) is 0 Å². The fourth-order valence-corrected chi connectivity index (χ4v) is 3.04. The minimum Gasteiger partial charge on any atom is -0.452 e. The zero-order chi connectivity index (χ0) is 19.9. The van der Waals surface area contributed by atoms with E-state index in [-0.39, 0.29) is 18.4 Å². The van der Waals surface area contributed by atoms with Crippen molar-refractivity contribution in [3.05, 3.63) is 83.9 Å². The highest BCUT2D eigenvalue weighted by atomic mass is 16.5. The van der Waals surface area contributed by atoms with E-state index < -0.39 is 5.97 Å². The van der Waals surface area contributed by atoms with Gasteiger partial charge >= 0.3 is 5.97 Å². The third kappa shape index (κ3) is 4.86. The molecule has 3 aromatic rings. The van der Waals surface area contributed by atoms with Crippen molar-refractivity contribution in [1.29, 1.82) is 0 Å². The number of para-hydroxylation sites is 1. The summed E-state index contributed by atoms with van der Waals surface area (Å²) >= 11 is 0. The molecule has 1 amide bonds. The molecule has 3 aromatic carbocycles. The lowest BCUT2D eigenvalue weighted by Gasteiger charge is -2.13. The van der Waals surface area contributed by atoms with Crippen LogP contribution < -0.4 is 5.32 Å². The number of carbonyl (C=O) groups excluding carboxylic acids is 2. The Morgan fingerprint density at radius 3 is 2.50 bits per heavy atom. The van der Waals surface area contributed by atoms with Gasteiger partial charge in [-0.1, -0.05) is 74.5 Å². The van der Waals surface area contributed by atoms with Crippen molar-refractivity contribution < 1.29 is 14.3 Å². The second-order valence-electron chi connectivity index (χ2n) is 6.80. The summed E-state index contributed by atoms with van der Waals surface area (Å²) in [5.74, 6) is -0.636. The summed E-state index contributed by atoms with van der Waals surface area (Å²) in [6.07, 6.45) is 3.05. The molecule has 0 atom stereocenters. The second kappa shape index (κ2) is 9.00. The first-order valence-corrected chi connectivity index (χ1v) is 9.26. The summed E-state index contributed by atoms with van der Waals surface area (Å²) in [5.41, 5.74) is 2.70. The summed E-state index contributed by atoms with van der Waals surface area (Å²) < 4.78 is 5.07. The number of anilines is 1. The van der Waals surface area contributed by atoms with Crippen LogP contribution in [-0.4, -0.2) is 18.5 Å². The van der Waals surface area contributed by atoms with Crippen LogP contribution in [0.4, 0.5) is 5.69 Å². The zero-order valence-electron chi connectivity index (χ0n) is 16.0. The summed E-state index contributed by atoms with van der Waals surface area (Å²) in [5, 5.41) is 4.96. The number of carbonyl (C=O) groups is 2. The Kier molecular flexibility index (Phi) is 6.22. The quantitative estimate of drug-likeness (QED) is 0.480. The van der Waals surface area contributed by atoms with E-state index in [0.29, 0.717) is 0 Å². The number of fused-ring (bicyclic) bond motifs is 1. The van der Waals surface area contributed by atoms with Crippen molar-refractivity contribution in [3.8, 4) is 0 Å². The van der Waals surface area contributed by atoms with E-state index in [1.165, 1.54) is 6.08 Å². The first-order chi connectivity index (χ1) is 13.5. The highest BCUT2D eigenvalue weighted by Crippen LogP contribution is 2.23. The molecule has 0 fully saturated rings. The first kappa shape index (κ1) is 19.4. The number of esters is 1. The van der Waals surface area contributed by atoms with E-state index in [2.05, 4.69) is 19.2 Å². The maximum atomic E-state index is 12.1. The molecule has 0 heterocycles. The van der Waals surface area contributed by atoms with E-state index in [9.17, 15) is 9.59 Å². The van der Waals surface area contributed by atoms with E-state index in [0.717, 1.165) is 27.6 Å². The molecule has 0 unspecified atom stereocenters. The Balaban J connectivity index is 1.58. The fourth-order valence-electron chi connectivity index (χ4n) is 3.04. The smallest absolute Gasteiger partial charge is 0.331 e. The van der Waals surface area contributed by atoms with Crippen molar-refractivity contribution >= 4 is 34.4 Å². The first-order valence-electron chi connectivity index (χ1n) is 9.26. The van der Waals surface area contributed by atoms with Gasteiger partial charge in [0.05, 0.1) is 0 Å². The molecule has 0 aliphatic heterocycles. The highest BCUT2D eigenvalue weighted by molar-refractivity contribution is 5.97. The van der Waals surface area contributed by atoms with E-state index in [4.69, 9.17) is 4.74 Å². The number of hydrogen-bond acceptors (Lipinski definition) is 3. The van der Waals surface area contributed by atoms with Crippen LogP contribution in [0, 0.1) is 0 Å². The Labute approximate surface area is 164 Å². The fraction of sp³-hybridized carbons (Fsp3) is 0.167. The van der Waals surface area contributed by atoms with Crippen molar-refractivity contribution in [2.24, 2.45) is 0 Å². The van der Waals surface area contributed by atoms with Crippen molar-refractivity contribution in [3.63, 3.8) is 0 Å². The number of nitrogens with one attached hydrogen (secondary N) is 1. The second-order valence-corrected chi connectivity index (χ2v) is 6.80. The van der Waals surface area contributed by atoms with Gasteiger partial charge in [-0.25, -0.2) is 4.79 Å². The standard InChI is InChI=1S/C24H23NO3/c1-17(2)20-11-5-6-13-22(20)25-23(26)16-28-24(27)15-14-19-10-7-9-18-8-3-4-12-21(18)19/h3-15,17H,16H2,1-2H3,(H,25,26)/b15-14+. The SMILES string of the molecule is CC(C)c1ccccc1NC(=O)COC(=O)/C=C/c1cccc2ccccc12. The van der Waals surface area contributed by atoms with Crippen LogP contribution in [0.2, 0.25) is 0 Å². The largest absolute Gasteiger partial charge is 0.452 e. The lowest BCUT2D eigenvalue weighted by molar-refractivity contribution is -0.142.